The second kappa shape index (κ2) is 5.74. The Balaban J connectivity index is 1.88. The molecular formula is C16H24N2O. The normalized spacial score (nSPS) is 17.5. The Kier molecular flexibility index (Phi) is 4.25. The van der Waals surface area contributed by atoms with Crippen molar-refractivity contribution >= 4 is 5.91 Å². The third kappa shape index (κ3) is 4.06. The van der Waals surface area contributed by atoms with Crippen molar-refractivity contribution in [3.8, 4) is 0 Å². The Bertz CT molecular complexity index is 414. The third-order valence-electron chi connectivity index (χ3n) is 3.44. The molecule has 1 saturated heterocycles. The minimum Gasteiger partial charge on any atom is -0.339 e. The van der Waals surface area contributed by atoms with E-state index in [0.717, 1.165) is 31.5 Å². The van der Waals surface area contributed by atoms with Crippen molar-refractivity contribution in [2.24, 2.45) is 0 Å². The van der Waals surface area contributed by atoms with Gasteiger partial charge in [-0.1, -0.05) is 18.2 Å². The molecule has 0 bridgehead atoms. The summed E-state index contributed by atoms with van der Waals surface area (Å²) in [4.78, 5) is 14.3. The van der Waals surface area contributed by atoms with Crippen molar-refractivity contribution in [3.63, 3.8) is 0 Å². The lowest BCUT2D eigenvalue weighted by atomic mass is 9.99. The van der Waals surface area contributed by atoms with Crippen molar-refractivity contribution in [2.75, 3.05) is 13.1 Å². The van der Waals surface area contributed by atoms with Gasteiger partial charge in [-0.15, -0.1) is 0 Å². The Hall–Kier alpha value is -1.35. The molecule has 0 aliphatic carbocycles. The van der Waals surface area contributed by atoms with Crippen LogP contribution in [0.25, 0.3) is 0 Å². The number of rotatable bonds is 2. The minimum absolute atomic E-state index is 0.149. The highest BCUT2D eigenvalue weighted by atomic mass is 16.2. The van der Waals surface area contributed by atoms with Gasteiger partial charge < -0.3 is 10.2 Å². The van der Waals surface area contributed by atoms with E-state index in [1.54, 1.807) is 0 Å². The molecule has 19 heavy (non-hydrogen) atoms. The number of hydrogen-bond acceptors (Lipinski definition) is 2. The lowest BCUT2D eigenvalue weighted by molar-refractivity contribution is 0.0697. The van der Waals surface area contributed by atoms with E-state index in [9.17, 15) is 4.79 Å². The van der Waals surface area contributed by atoms with E-state index in [1.807, 2.05) is 35.2 Å². The Labute approximate surface area is 116 Å². The van der Waals surface area contributed by atoms with Crippen LogP contribution in [0.5, 0.6) is 0 Å². The number of likely N-dealkylation sites (tertiary alicyclic amines) is 1. The van der Waals surface area contributed by atoms with Gasteiger partial charge in [-0.2, -0.15) is 0 Å². The van der Waals surface area contributed by atoms with Gasteiger partial charge in [-0.25, -0.2) is 0 Å². The highest BCUT2D eigenvalue weighted by Gasteiger charge is 2.25. The number of piperidine rings is 1. The maximum atomic E-state index is 12.3. The molecule has 1 aliphatic rings. The first-order chi connectivity index (χ1) is 8.96. The molecule has 2 rings (SSSR count). The number of benzene rings is 1. The molecule has 104 valence electrons. The molecule has 1 fully saturated rings. The summed E-state index contributed by atoms with van der Waals surface area (Å²) >= 11 is 0. The third-order valence-corrected chi connectivity index (χ3v) is 3.44. The Morgan fingerprint density at radius 2 is 1.74 bits per heavy atom. The summed E-state index contributed by atoms with van der Waals surface area (Å²) in [6.45, 7) is 8.26. The van der Waals surface area contributed by atoms with Crippen LogP contribution in [0.15, 0.2) is 30.3 Å². The van der Waals surface area contributed by atoms with Gasteiger partial charge in [0.05, 0.1) is 0 Å². The predicted molar refractivity (Wildman–Crippen MR) is 78.3 cm³/mol. The fourth-order valence-corrected chi connectivity index (χ4v) is 2.60. The van der Waals surface area contributed by atoms with E-state index in [0.29, 0.717) is 6.04 Å². The molecule has 0 atom stereocenters. The van der Waals surface area contributed by atoms with Crippen LogP contribution in [0.3, 0.4) is 0 Å². The van der Waals surface area contributed by atoms with E-state index in [-0.39, 0.29) is 11.4 Å². The molecule has 1 aliphatic heterocycles. The summed E-state index contributed by atoms with van der Waals surface area (Å²) in [5.41, 5.74) is 0.945. The van der Waals surface area contributed by atoms with Crippen LogP contribution in [-0.2, 0) is 0 Å². The van der Waals surface area contributed by atoms with Gasteiger partial charge in [0.1, 0.15) is 0 Å². The highest BCUT2D eigenvalue weighted by Crippen LogP contribution is 2.16. The predicted octanol–water partition coefficient (Wildman–Crippen LogP) is 2.68. The van der Waals surface area contributed by atoms with Crippen LogP contribution in [-0.4, -0.2) is 35.5 Å². The van der Waals surface area contributed by atoms with E-state index < -0.39 is 0 Å². The standard InChI is InChI=1S/C16H24N2O/c1-16(2,3)17-14-9-11-18(12-10-14)15(19)13-7-5-4-6-8-13/h4-8,14,17H,9-12H2,1-3H3. The lowest BCUT2D eigenvalue weighted by Gasteiger charge is -2.36. The van der Waals surface area contributed by atoms with Crippen molar-refractivity contribution in [1.29, 1.82) is 0 Å². The van der Waals surface area contributed by atoms with E-state index in [2.05, 4.69) is 26.1 Å². The van der Waals surface area contributed by atoms with Crippen molar-refractivity contribution in [2.45, 2.75) is 45.2 Å². The highest BCUT2D eigenvalue weighted by molar-refractivity contribution is 5.94. The minimum atomic E-state index is 0.149. The molecular weight excluding hydrogens is 236 g/mol. The van der Waals surface area contributed by atoms with Crippen LogP contribution in [0, 0.1) is 0 Å². The number of nitrogens with zero attached hydrogens (tertiary/aromatic N) is 1. The van der Waals surface area contributed by atoms with Gasteiger partial charge >= 0.3 is 0 Å². The zero-order chi connectivity index (χ0) is 13.9. The number of hydrogen-bond donors (Lipinski definition) is 1. The van der Waals surface area contributed by atoms with Gasteiger partial charge in [0, 0.05) is 30.2 Å². The van der Waals surface area contributed by atoms with Crippen LogP contribution >= 0.6 is 0 Å². The monoisotopic (exact) mass is 260 g/mol. The largest absolute Gasteiger partial charge is 0.339 e. The van der Waals surface area contributed by atoms with E-state index in [1.165, 1.54) is 0 Å². The summed E-state index contributed by atoms with van der Waals surface area (Å²) in [6, 6.07) is 10.1. The lowest BCUT2D eigenvalue weighted by Crippen LogP contribution is -2.50. The molecule has 3 nitrogen and oxygen atoms in total. The average molecular weight is 260 g/mol. The number of amides is 1. The maximum Gasteiger partial charge on any atom is 0.253 e. The van der Waals surface area contributed by atoms with Crippen molar-refractivity contribution < 1.29 is 4.79 Å². The SMILES string of the molecule is CC(C)(C)NC1CCN(C(=O)c2ccccc2)CC1. The van der Waals surface area contributed by atoms with Crippen LogP contribution in [0.4, 0.5) is 0 Å². The molecule has 0 unspecified atom stereocenters. The number of nitrogens with one attached hydrogen (secondary N) is 1. The summed E-state index contributed by atoms with van der Waals surface area (Å²) in [5, 5.41) is 3.62. The van der Waals surface area contributed by atoms with E-state index in [4.69, 9.17) is 0 Å². The van der Waals surface area contributed by atoms with Crippen molar-refractivity contribution in [3.05, 3.63) is 35.9 Å². The second-order valence-corrected chi connectivity index (χ2v) is 6.33. The summed E-state index contributed by atoms with van der Waals surface area (Å²) in [6.07, 6.45) is 2.08. The van der Waals surface area contributed by atoms with Gasteiger partial charge in [-0.05, 0) is 45.7 Å². The molecule has 1 heterocycles. The summed E-state index contributed by atoms with van der Waals surface area (Å²) in [7, 11) is 0. The Morgan fingerprint density at radius 3 is 2.26 bits per heavy atom. The average Bonchev–Trinajstić information content (AvgIpc) is 2.38. The van der Waals surface area contributed by atoms with Crippen molar-refractivity contribution in [1.82, 2.24) is 10.2 Å². The van der Waals surface area contributed by atoms with Gasteiger partial charge in [0.2, 0.25) is 0 Å². The zero-order valence-electron chi connectivity index (χ0n) is 12.1. The first-order valence-corrected chi connectivity index (χ1v) is 7.08. The molecule has 0 radical (unpaired) electrons. The van der Waals surface area contributed by atoms with Crippen LogP contribution in [0.1, 0.15) is 44.0 Å². The summed E-state index contributed by atoms with van der Waals surface area (Å²) < 4.78 is 0. The fraction of sp³-hybridized carbons (Fsp3) is 0.562. The molecule has 1 N–H and O–H groups in total. The van der Waals surface area contributed by atoms with Crippen LogP contribution < -0.4 is 5.32 Å². The number of carbonyl (C=O) groups excluding carboxylic acids is 1. The smallest absolute Gasteiger partial charge is 0.253 e. The topological polar surface area (TPSA) is 32.3 Å². The van der Waals surface area contributed by atoms with Gasteiger partial charge in [0.25, 0.3) is 5.91 Å². The second-order valence-electron chi connectivity index (χ2n) is 6.33. The zero-order valence-corrected chi connectivity index (χ0v) is 12.1. The molecule has 0 saturated carbocycles. The first kappa shape index (κ1) is 14.1. The molecule has 3 heteroatoms. The molecule has 1 aromatic rings. The fourth-order valence-electron chi connectivity index (χ4n) is 2.60. The first-order valence-electron chi connectivity index (χ1n) is 7.08. The van der Waals surface area contributed by atoms with E-state index >= 15 is 0 Å². The van der Waals surface area contributed by atoms with Gasteiger partial charge in [0.15, 0.2) is 0 Å². The number of carbonyl (C=O) groups is 1. The summed E-state index contributed by atoms with van der Waals surface area (Å²) in [5.74, 6) is 0.162. The van der Waals surface area contributed by atoms with Gasteiger partial charge in [-0.3, -0.25) is 4.79 Å². The quantitative estimate of drug-likeness (QED) is 0.886. The molecule has 0 aromatic heterocycles. The Morgan fingerprint density at radius 1 is 1.16 bits per heavy atom. The molecule has 1 aromatic carbocycles. The maximum absolute atomic E-state index is 12.3. The van der Waals surface area contributed by atoms with Crippen LogP contribution in [0.2, 0.25) is 0 Å². The molecule has 1 amide bonds. The molecule has 0 spiro atoms.